The van der Waals surface area contributed by atoms with E-state index in [0.717, 1.165) is 11.3 Å². The summed E-state index contributed by atoms with van der Waals surface area (Å²) in [6.45, 7) is 5.39. The van der Waals surface area contributed by atoms with Crippen molar-refractivity contribution in [3.05, 3.63) is 57.1 Å². The maximum absolute atomic E-state index is 10.7. The Morgan fingerprint density at radius 2 is 2.24 bits per heavy atom. The second kappa shape index (κ2) is 6.69. The van der Waals surface area contributed by atoms with Gasteiger partial charge in [-0.05, 0) is 11.6 Å². The molecule has 0 unspecified atom stereocenters. The summed E-state index contributed by atoms with van der Waals surface area (Å²) in [5.74, 6) is 0. The number of nitro groups is 1. The second-order valence-electron chi connectivity index (χ2n) is 5.11. The zero-order chi connectivity index (χ0) is 15.4. The van der Waals surface area contributed by atoms with Gasteiger partial charge < -0.3 is 9.88 Å². The van der Waals surface area contributed by atoms with Crippen LogP contribution in [0.3, 0.4) is 0 Å². The Kier molecular flexibility index (Phi) is 4.93. The van der Waals surface area contributed by atoms with E-state index in [0.29, 0.717) is 24.2 Å². The first-order valence-corrected chi connectivity index (χ1v) is 7.00. The van der Waals surface area contributed by atoms with E-state index in [4.69, 9.17) is 11.6 Å². The summed E-state index contributed by atoms with van der Waals surface area (Å²) in [7, 11) is 0. The van der Waals surface area contributed by atoms with Crippen molar-refractivity contribution in [3.63, 3.8) is 0 Å². The molecule has 0 spiro atoms. The number of nitrogens with zero attached hydrogens (tertiary/aromatic N) is 3. The predicted molar refractivity (Wildman–Crippen MR) is 81.4 cm³/mol. The summed E-state index contributed by atoms with van der Waals surface area (Å²) in [5.41, 5.74) is 1.76. The van der Waals surface area contributed by atoms with Gasteiger partial charge in [-0.15, -0.1) is 0 Å². The van der Waals surface area contributed by atoms with E-state index in [2.05, 4.69) is 24.1 Å². The number of non-ortho nitro benzene ring substituents is 1. The fourth-order valence-electron chi connectivity index (χ4n) is 1.87. The third-order valence-electron chi connectivity index (χ3n) is 2.98. The second-order valence-corrected chi connectivity index (χ2v) is 5.51. The normalized spacial score (nSPS) is 11.0. The molecule has 0 fully saturated rings. The molecular weight excluding hydrogens is 292 g/mol. The number of imidazole rings is 1. The van der Waals surface area contributed by atoms with E-state index in [1.165, 1.54) is 12.1 Å². The first-order valence-electron chi connectivity index (χ1n) is 6.62. The third kappa shape index (κ3) is 4.27. The molecular formula is C14H17ClN4O2. The monoisotopic (exact) mass is 308 g/mol. The lowest BCUT2D eigenvalue weighted by Gasteiger charge is -2.06. The van der Waals surface area contributed by atoms with Gasteiger partial charge in [0.2, 0.25) is 0 Å². The van der Waals surface area contributed by atoms with Gasteiger partial charge in [0.25, 0.3) is 5.69 Å². The highest BCUT2D eigenvalue weighted by Gasteiger charge is 2.10. The largest absolute Gasteiger partial charge is 0.333 e. The zero-order valence-electron chi connectivity index (χ0n) is 11.9. The van der Waals surface area contributed by atoms with Gasteiger partial charge >= 0.3 is 0 Å². The van der Waals surface area contributed by atoms with Crippen LogP contribution in [0.4, 0.5) is 5.69 Å². The number of rotatable bonds is 6. The molecule has 1 N–H and O–H groups in total. The number of halogens is 1. The molecule has 1 heterocycles. The Hall–Kier alpha value is -1.92. The zero-order valence-corrected chi connectivity index (χ0v) is 12.7. The van der Waals surface area contributed by atoms with E-state index in [-0.39, 0.29) is 5.69 Å². The molecule has 7 heteroatoms. The molecule has 0 saturated carbocycles. The smallest absolute Gasteiger partial charge is 0.270 e. The lowest BCUT2D eigenvalue weighted by molar-refractivity contribution is -0.384. The van der Waals surface area contributed by atoms with Crippen LogP contribution in [0, 0.1) is 10.1 Å². The van der Waals surface area contributed by atoms with Crippen molar-refractivity contribution in [2.45, 2.75) is 33.0 Å². The van der Waals surface area contributed by atoms with Crippen LogP contribution in [0.5, 0.6) is 0 Å². The van der Waals surface area contributed by atoms with E-state index >= 15 is 0 Å². The fraction of sp³-hybridized carbons (Fsp3) is 0.357. The van der Waals surface area contributed by atoms with Crippen molar-refractivity contribution in [1.82, 2.24) is 14.9 Å². The minimum Gasteiger partial charge on any atom is -0.333 e. The average molecular weight is 309 g/mol. The maximum Gasteiger partial charge on any atom is 0.270 e. The van der Waals surface area contributed by atoms with Gasteiger partial charge in [-0.25, -0.2) is 4.98 Å². The Morgan fingerprint density at radius 1 is 1.48 bits per heavy atom. The van der Waals surface area contributed by atoms with Crippen LogP contribution in [0.25, 0.3) is 0 Å². The highest BCUT2D eigenvalue weighted by molar-refractivity contribution is 6.31. The van der Waals surface area contributed by atoms with Gasteiger partial charge in [0.1, 0.15) is 0 Å². The van der Waals surface area contributed by atoms with Gasteiger partial charge in [0, 0.05) is 37.5 Å². The van der Waals surface area contributed by atoms with Crippen molar-refractivity contribution < 1.29 is 4.92 Å². The quantitative estimate of drug-likeness (QED) is 0.657. The van der Waals surface area contributed by atoms with Gasteiger partial charge in [0.15, 0.2) is 0 Å². The van der Waals surface area contributed by atoms with Crippen molar-refractivity contribution in [1.29, 1.82) is 0 Å². The fourth-order valence-corrected chi connectivity index (χ4v) is 2.10. The number of hydrogen-bond donors (Lipinski definition) is 1. The molecule has 0 bridgehead atoms. The van der Waals surface area contributed by atoms with Crippen LogP contribution in [-0.2, 0) is 13.1 Å². The van der Waals surface area contributed by atoms with Crippen LogP contribution >= 0.6 is 11.6 Å². The summed E-state index contributed by atoms with van der Waals surface area (Å²) in [6.07, 6.45) is 3.67. The van der Waals surface area contributed by atoms with Crippen LogP contribution in [0.2, 0.25) is 5.02 Å². The van der Waals surface area contributed by atoms with E-state index < -0.39 is 4.92 Å². The van der Waals surface area contributed by atoms with Gasteiger partial charge in [-0.3, -0.25) is 10.1 Å². The van der Waals surface area contributed by atoms with Gasteiger partial charge in [0.05, 0.1) is 22.0 Å². The molecule has 2 rings (SSSR count). The van der Waals surface area contributed by atoms with Crippen molar-refractivity contribution in [2.24, 2.45) is 0 Å². The molecule has 6 nitrogen and oxygen atoms in total. The van der Waals surface area contributed by atoms with E-state index in [1.54, 1.807) is 12.4 Å². The molecule has 0 aliphatic heterocycles. The average Bonchev–Trinajstić information content (AvgIpc) is 2.86. The Morgan fingerprint density at radius 3 is 2.86 bits per heavy atom. The van der Waals surface area contributed by atoms with Crippen molar-refractivity contribution in [2.75, 3.05) is 0 Å². The summed E-state index contributed by atoms with van der Waals surface area (Å²) >= 11 is 6.08. The molecule has 0 amide bonds. The highest BCUT2D eigenvalue weighted by atomic mass is 35.5. The third-order valence-corrected chi connectivity index (χ3v) is 3.33. The lowest BCUT2D eigenvalue weighted by atomic mass is 10.2. The minimum atomic E-state index is -0.456. The van der Waals surface area contributed by atoms with E-state index in [1.807, 2.05) is 10.8 Å². The predicted octanol–water partition coefficient (Wildman–Crippen LogP) is 2.99. The van der Waals surface area contributed by atoms with Crippen molar-refractivity contribution >= 4 is 17.3 Å². The molecule has 0 aliphatic rings. The molecule has 0 radical (unpaired) electrons. The summed E-state index contributed by atoms with van der Waals surface area (Å²) < 4.78 is 1.91. The number of aromatic nitrogens is 2. The molecule has 21 heavy (non-hydrogen) atoms. The number of nitro benzene ring substituents is 1. The topological polar surface area (TPSA) is 73.0 Å². The number of hydrogen-bond acceptors (Lipinski definition) is 4. The van der Waals surface area contributed by atoms with Crippen LogP contribution in [0.1, 0.15) is 25.1 Å². The molecule has 0 atom stereocenters. The van der Waals surface area contributed by atoms with Crippen molar-refractivity contribution in [3.8, 4) is 0 Å². The van der Waals surface area contributed by atoms with Gasteiger partial charge in [-0.2, -0.15) is 0 Å². The standard InChI is InChI=1S/C14H17ClN4O2/c1-10(2)16-6-12-8-18(9-17-12)7-11-3-4-13(19(20)21)5-14(11)15/h3-5,8-10,16H,6-7H2,1-2H3. The Bertz CT molecular complexity index is 640. The molecule has 1 aromatic carbocycles. The van der Waals surface area contributed by atoms with Crippen LogP contribution < -0.4 is 5.32 Å². The number of benzene rings is 1. The first-order chi connectivity index (χ1) is 9.95. The summed E-state index contributed by atoms with van der Waals surface area (Å²) in [5, 5.41) is 14.4. The molecule has 1 aromatic heterocycles. The molecule has 0 aliphatic carbocycles. The molecule has 112 valence electrons. The van der Waals surface area contributed by atoms with Crippen LogP contribution in [0.15, 0.2) is 30.7 Å². The SMILES string of the molecule is CC(C)NCc1cn(Cc2ccc([N+](=O)[O-])cc2Cl)cn1. The Labute approximate surface area is 127 Å². The molecule has 2 aromatic rings. The Balaban J connectivity index is 2.06. The van der Waals surface area contributed by atoms with Gasteiger partial charge in [-0.1, -0.05) is 25.4 Å². The highest BCUT2D eigenvalue weighted by Crippen LogP contribution is 2.23. The lowest BCUT2D eigenvalue weighted by Crippen LogP contribution is -2.21. The molecule has 0 saturated heterocycles. The van der Waals surface area contributed by atoms with E-state index in [9.17, 15) is 10.1 Å². The number of nitrogens with one attached hydrogen (secondary N) is 1. The van der Waals surface area contributed by atoms with Crippen LogP contribution in [-0.4, -0.2) is 20.5 Å². The summed E-state index contributed by atoms with van der Waals surface area (Å²) in [4.78, 5) is 14.5. The first kappa shape index (κ1) is 15.5. The maximum atomic E-state index is 10.7. The minimum absolute atomic E-state index is 0.00352. The summed E-state index contributed by atoms with van der Waals surface area (Å²) in [6, 6.07) is 4.90.